The lowest BCUT2D eigenvalue weighted by Crippen LogP contribution is -2.50. The van der Waals surface area contributed by atoms with Crippen LogP contribution in [0.25, 0.3) is 0 Å². The molecule has 5 heteroatoms. The smallest absolute Gasteiger partial charge is 0.319 e. The summed E-state index contributed by atoms with van der Waals surface area (Å²) in [6.07, 6.45) is 6.91. The van der Waals surface area contributed by atoms with E-state index in [0.717, 1.165) is 24.1 Å². The zero-order chi connectivity index (χ0) is 17.4. The van der Waals surface area contributed by atoms with E-state index in [-0.39, 0.29) is 12.6 Å². The van der Waals surface area contributed by atoms with E-state index in [9.17, 15) is 9.90 Å². The Morgan fingerprint density at radius 2 is 1.96 bits per heavy atom. The summed E-state index contributed by atoms with van der Waals surface area (Å²) in [4.78, 5) is 12.1. The van der Waals surface area contributed by atoms with Crippen LogP contribution < -0.4 is 10.6 Å². The highest BCUT2D eigenvalue weighted by molar-refractivity contribution is 5.89. The fraction of sp³-hybridized carbons (Fsp3) is 0.632. The molecule has 1 unspecified atom stereocenters. The Bertz CT molecular complexity index is 512. The van der Waals surface area contributed by atoms with Crippen molar-refractivity contribution >= 4 is 11.7 Å². The maximum absolute atomic E-state index is 12.1. The van der Waals surface area contributed by atoms with Crippen LogP contribution in [-0.4, -0.2) is 29.4 Å². The minimum atomic E-state index is -0.589. The van der Waals surface area contributed by atoms with Crippen LogP contribution in [0, 0.1) is 0 Å². The van der Waals surface area contributed by atoms with Gasteiger partial charge >= 0.3 is 6.03 Å². The number of ether oxygens (including phenoxy) is 1. The van der Waals surface area contributed by atoms with Crippen LogP contribution >= 0.6 is 0 Å². The summed E-state index contributed by atoms with van der Waals surface area (Å²) >= 11 is 0. The minimum Gasteiger partial charge on any atom is -0.394 e. The molecule has 0 bridgehead atoms. The lowest BCUT2D eigenvalue weighted by atomic mass is 9.98. The number of amides is 2. The van der Waals surface area contributed by atoms with Gasteiger partial charge in [0.2, 0.25) is 0 Å². The number of aliphatic hydroxyl groups is 1. The molecular weight excluding hydrogens is 304 g/mol. The first kappa shape index (κ1) is 18.7. The number of rotatable bonds is 8. The van der Waals surface area contributed by atoms with Crippen molar-refractivity contribution in [2.75, 3.05) is 11.9 Å². The molecule has 3 N–H and O–H groups in total. The minimum absolute atomic E-state index is 0.0777. The van der Waals surface area contributed by atoms with Crippen molar-refractivity contribution in [2.24, 2.45) is 0 Å². The Morgan fingerprint density at radius 3 is 2.54 bits per heavy atom. The van der Waals surface area contributed by atoms with Gasteiger partial charge in [0, 0.05) is 5.69 Å². The van der Waals surface area contributed by atoms with E-state index in [4.69, 9.17) is 4.74 Å². The molecule has 1 aliphatic carbocycles. The van der Waals surface area contributed by atoms with E-state index >= 15 is 0 Å². The van der Waals surface area contributed by atoms with E-state index in [1.54, 1.807) is 0 Å². The van der Waals surface area contributed by atoms with Crippen molar-refractivity contribution < 1.29 is 14.6 Å². The third kappa shape index (κ3) is 5.80. The monoisotopic (exact) mass is 334 g/mol. The predicted octanol–water partition coefficient (Wildman–Crippen LogP) is 3.82. The van der Waals surface area contributed by atoms with E-state index in [1.165, 1.54) is 25.7 Å². The van der Waals surface area contributed by atoms with E-state index in [0.29, 0.717) is 12.7 Å². The van der Waals surface area contributed by atoms with Gasteiger partial charge in [-0.25, -0.2) is 4.79 Å². The quantitative estimate of drug-likeness (QED) is 0.677. The third-order valence-corrected chi connectivity index (χ3v) is 4.57. The Balaban J connectivity index is 1.80. The van der Waals surface area contributed by atoms with Crippen molar-refractivity contribution in [1.29, 1.82) is 0 Å². The van der Waals surface area contributed by atoms with Crippen LogP contribution in [0.4, 0.5) is 10.5 Å². The average molecular weight is 334 g/mol. The second-order valence-corrected chi connectivity index (χ2v) is 6.96. The molecule has 2 rings (SSSR count). The number of hydrogen-bond donors (Lipinski definition) is 3. The number of urea groups is 1. The molecule has 0 aromatic heterocycles. The normalized spacial score (nSPS) is 17.5. The van der Waals surface area contributed by atoms with Gasteiger partial charge in [-0.3, -0.25) is 0 Å². The number of carbonyl (C=O) groups excluding carboxylic acids is 1. The molecule has 1 atom stereocenters. The molecule has 1 saturated carbocycles. The fourth-order valence-corrected chi connectivity index (χ4v) is 3.12. The SMILES string of the molecule is CCCC(C)(CO)NC(=O)Nc1ccc(COC2CCCC2)cc1. The van der Waals surface area contributed by atoms with Crippen LogP contribution in [0.1, 0.15) is 57.9 Å². The molecule has 0 saturated heterocycles. The van der Waals surface area contributed by atoms with Crippen molar-refractivity contribution in [3.63, 3.8) is 0 Å². The molecule has 0 spiro atoms. The molecule has 0 aliphatic heterocycles. The van der Waals surface area contributed by atoms with Crippen molar-refractivity contribution in [1.82, 2.24) is 5.32 Å². The maximum atomic E-state index is 12.1. The van der Waals surface area contributed by atoms with Gasteiger partial charge in [0.05, 0.1) is 24.9 Å². The third-order valence-electron chi connectivity index (χ3n) is 4.57. The molecule has 1 fully saturated rings. The Labute approximate surface area is 144 Å². The van der Waals surface area contributed by atoms with Crippen molar-refractivity contribution in [3.05, 3.63) is 29.8 Å². The fourth-order valence-electron chi connectivity index (χ4n) is 3.12. The first-order valence-electron chi connectivity index (χ1n) is 8.95. The highest BCUT2D eigenvalue weighted by atomic mass is 16.5. The second kappa shape index (κ2) is 9.04. The summed E-state index contributed by atoms with van der Waals surface area (Å²) < 4.78 is 5.89. The standard InChI is InChI=1S/C19H30N2O3/c1-3-12-19(2,14-22)21-18(23)20-16-10-8-15(9-11-16)13-24-17-6-4-5-7-17/h8-11,17,22H,3-7,12-14H2,1-2H3,(H2,20,21,23). The highest BCUT2D eigenvalue weighted by Gasteiger charge is 2.24. The zero-order valence-corrected chi connectivity index (χ0v) is 14.8. The molecule has 5 nitrogen and oxygen atoms in total. The first-order valence-corrected chi connectivity index (χ1v) is 8.95. The zero-order valence-electron chi connectivity index (χ0n) is 14.8. The number of nitrogens with one attached hydrogen (secondary N) is 2. The van der Waals surface area contributed by atoms with Gasteiger partial charge in [0.25, 0.3) is 0 Å². The molecule has 1 aromatic rings. The summed E-state index contributed by atoms with van der Waals surface area (Å²) in [5.74, 6) is 0. The van der Waals surface area contributed by atoms with Gasteiger partial charge in [0.15, 0.2) is 0 Å². The predicted molar refractivity (Wildman–Crippen MR) is 96.0 cm³/mol. The Morgan fingerprint density at radius 1 is 1.29 bits per heavy atom. The number of anilines is 1. The molecular formula is C19H30N2O3. The van der Waals surface area contributed by atoms with Gasteiger partial charge in [-0.1, -0.05) is 38.3 Å². The molecule has 24 heavy (non-hydrogen) atoms. The second-order valence-electron chi connectivity index (χ2n) is 6.96. The first-order chi connectivity index (χ1) is 11.5. The van der Waals surface area contributed by atoms with Gasteiger partial charge in [0.1, 0.15) is 0 Å². The van der Waals surface area contributed by atoms with E-state index in [2.05, 4.69) is 10.6 Å². The molecule has 1 aliphatic rings. The average Bonchev–Trinajstić information content (AvgIpc) is 3.08. The topological polar surface area (TPSA) is 70.6 Å². The molecule has 2 amide bonds. The van der Waals surface area contributed by atoms with Gasteiger partial charge < -0.3 is 20.5 Å². The summed E-state index contributed by atoms with van der Waals surface area (Å²) in [5.41, 5.74) is 1.25. The van der Waals surface area contributed by atoms with Crippen LogP contribution in [0.2, 0.25) is 0 Å². The van der Waals surface area contributed by atoms with Gasteiger partial charge in [-0.2, -0.15) is 0 Å². The molecule has 1 aromatic carbocycles. The van der Waals surface area contributed by atoms with Crippen LogP contribution in [0.3, 0.4) is 0 Å². The van der Waals surface area contributed by atoms with E-state index in [1.807, 2.05) is 38.1 Å². The van der Waals surface area contributed by atoms with Crippen LogP contribution in [0.5, 0.6) is 0 Å². The van der Waals surface area contributed by atoms with E-state index < -0.39 is 5.54 Å². The summed E-state index contributed by atoms with van der Waals surface area (Å²) in [6.45, 7) is 4.42. The largest absolute Gasteiger partial charge is 0.394 e. The highest BCUT2D eigenvalue weighted by Crippen LogP contribution is 2.22. The lowest BCUT2D eigenvalue weighted by molar-refractivity contribution is 0.0457. The van der Waals surface area contributed by atoms with Gasteiger partial charge in [-0.05, 0) is 43.9 Å². The lowest BCUT2D eigenvalue weighted by Gasteiger charge is -2.28. The molecule has 0 radical (unpaired) electrons. The Hall–Kier alpha value is -1.59. The summed E-state index contributed by atoms with van der Waals surface area (Å²) in [5, 5.41) is 15.1. The maximum Gasteiger partial charge on any atom is 0.319 e. The summed E-state index contributed by atoms with van der Waals surface area (Å²) in [6, 6.07) is 7.41. The summed E-state index contributed by atoms with van der Waals surface area (Å²) in [7, 11) is 0. The number of carbonyl (C=O) groups is 1. The van der Waals surface area contributed by atoms with Crippen molar-refractivity contribution in [3.8, 4) is 0 Å². The van der Waals surface area contributed by atoms with Crippen molar-refractivity contribution in [2.45, 2.75) is 70.6 Å². The van der Waals surface area contributed by atoms with Gasteiger partial charge in [-0.15, -0.1) is 0 Å². The molecule has 134 valence electrons. The molecule has 0 heterocycles. The number of hydrogen-bond acceptors (Lipinski definition) is 3. The van der Waals surface area contributed by atoms with Crippen LogP contribution in [-0.2, 0) is 11.3 Å². The number of benzene rings is 1. The number of aliphatic hydroxyl groups excluding tert-OH is 1. The van der Waals surface area contributed by atoms with Crippen LogP contribution in [0.15, 0.2) is 24.3 Å². The Kier molecular flexibility index (Phi) is 7.06.